The third-order valence-corrected chi connectivity index (χ3v) is 2.57. The molecule has 1 N–H and O–H groups in total. The van der Waals surface area contributed by atoms with Crippen molar-refractivity contribution >= 4 is 0 Å². The molecule has 13 heavy (non-hydrogen) atoms. The Hall–Kier alpha value is -0.820. The molecular weight excluding hydrogens is 158 g/mol. The van der Waals surface area contributed by atoms with Crippen LogP contribution in [0.25, 0.3) is 0 Å². The fourth-order valence-electron chi connectivity index (χ4n) is 1.88. The molecule has 1 nitrogen and oxygen atoms in total. The first kappa shape index (κ1) is 8.76. The predicted octanol–water partition coefficient (Wildman–Crippen LogP) is 2.54. The summed E-state index contributed by atoms with van der Waals surface area (Å²) >= 11 is 0. The predicted molar refractivity (Wildman–Crippen MR) is 55.9 cm³/mol. The fraction of sp³-hybridized carbons (Fsp3) is 0.500. The Balaban J connectivity index is 1.93. The van der Waals surface area contributed by atoms with Gasteiger partial charge in [-0.15, -0.1) is 0 Å². The van der Waals surface area contributed by atoms with E-state index in [1.807, 2.05) is 0 Å². The van der Waals surface area contributed by atoms with Crippen LogP contribution in [0.3, 0.4) is 0 Å². The van der Waals surface area contributed by atoms with Crippen molar-refractivity contribution in [2.24, 2.45) is 0 Å². The molecule has 0 saturated heterocycles. The van der Waals surface area contributed by atoms with Crippen molar-refractivity contribution in [3.63, 3.8) is 0 Å². The van der Waals surface area contributed by atoms with Crippen molar-refractivity contribution < 1.29 is 0 Å². The van der Waals surface area contributed by atoms with Crippen molar-refractivity contribution in [2.75, 3.05) is 0 Å². The lowest BCUT2D eigenvalue weighted by atomic mass is 10.1. The number of rotatable bonds is 3. The summed E-state index contributed by atoms with van der Waals surface area (Å²) in [6.45, 7) is 4.42. The average molecular weight is 175 g/mol. The van der Waals surface area contributed by atoms with Gasteiger partial charge in [0.25, 0.3) is 0 Å². The summed E-state index contributed by atoms with van der Waals surface area (Å²) in [7, 11) is 0. The summed E-state index contributed by atoms with van der Waals surface area (Å²) in [6, 6.07) is 12.1. The summed E-state index contributed by atoms with van der Waals surface area (Å²) in [6.07, 6.45) is 1.31. The first-order valence-corrected chi connectivity index (χ1v) is 5.08. The lowest BCUT2D eigenvalue weighted by molar-refractivity contribution is 0.576. The van der Waals surface area contributed by atoms with Gasteiger partial charge < -0.3 is 5.32 Å². The van der Waals surface area contributed by atoms with Crippen molar-refractivity contribution in [1.29, 1.82) is 0 Å². The standard InChI is InChI=1S/C12H17N/c1-9(2)13-12-8-11(12)10-6-4-3-5-7-10/h3-7,9,11-13H,8H2,1-2H3. The summed E-state index contributed by atoms with van der Waals surface area (Å²) in [4.78, 5) is 0. The summed E-state index contributed by atoms with van der Waals surface area (Å²) < 4.78 is 0. The van der Waals surface area contributed by atoms with Crippen molar-refractivity contribution in [3.8, 4) is 0 Å². The summed E-state index contributed by atoms with van der Waals surface area (Å²) in [5, 5.41) is 3.57. The topological polar surface area (TPSA) is 12.0 Å². The Morgan fingerprint density at radius 3 is 2.54 bits per heavy atom. The second kappa shape index (κ2) is 3.51. The number of hydrogen-bond donors (Lipinski definition) is 1. The molecule has 1 aliphatic carbocycles. The van der Waals surface area contributed by atoms with Gasteiger partial charge in [0.1, 0.15) is 0 Å². The van der Waals surface area contributed by atoms with Crippen LogP contribution in [0.5, 0.6) is 0 Å². The van der Waals surface area contributed by atoms with Crippen LogP contribution < -0.4 is 5.32 Å². The quantitative estimate of drug-likeness (QED) is 0.744. The van der Waals surface area contributed by atoms with Crippen LogP contribution in [0.15, 0.2) is 30.3 Å². The largest absolute Gasteiger partial charge is 0.311 e. The molecule has 1 aliphatic rings. The maximum absolute atomic E-state index is 3.57. The van der Waals surface area contributed by atoms with Crippen LogP contribution in [0.2, 0.25) is 0 Å². The van der Waals surface area contributed by atoms with Gasteiger partial charge >= 0.3 is 0 Å². The summed E-state index contributed by atoms with van der Waals surface area (Å²) in [5.41, 5.74) is 1.49. The third kappa shape index (κ3) is 2.10. The zero-order chi connectivity index (χ0) is 9.26. The van der Waals surface area contributed by atoms with Crippen LogP contribution in [0, 0.1) is 0 Å². The van der Waals surface area contributed by atoms with Crippen LogP contribution >= 0.6 is 0 Å². The van der Waals surface area contributed by atoms with Gasteiger partial charge in [-0.1, -0.05) is 44.2 Å². The molecule has 1 fully saturated rings. The number of nitrogens with one attached hydrogen (secondary N) is 1. The van der Waals surface area contributed by atoms with Gasteiger partial charge in [-0.05, 0) is 12.0 Å². The summed E-state index contributed by atoms with van der Waals surface area (Å²) in [5.74, 6) is 0.767. The van der Waals surface area contributed by atoms with E-state index < -0.39 is 0 Å². The van der Waals surface area contributed by atoms with Crippen LogP contribution in [-0.2, 0) is 0 Å². The molecule has 1 aromatic rings. The zero-order valence-electron chi connectivity index (χ0n) is 8.33. The monoisotopic (exact) mass is 175 g/mol. The van der Waals surface area contributed by atoms with E-state index >= 15 is 0 Å². The molecule has 70 valence electrons. The Morgan fingerprint density at radius 1 is 1.23 bits per heavy atom. The van der Waals surface area contributed by atoms with E-state index in [2.05, 4.69) is 49.5 Å². The molecule has 0 aromatic heterocycles. The van der Waals surface area contributed by atoms with Gasteiger partial charge in [0.15, 0.2) is 0 Å². The van der Waals surface area contributed by atoms with Crippen LogP contribution in [-0.4, -0.2) is 12.1 Å². The second-order valence-electron chi connectivity index (χ2n) is 4.18. The van der Waals surface area contributed by atoms with E-state index in [-0.39, 0.29) is 0 Å². The molecule has 0 radical (unpaired) electrons. The van der Waals surface area contributed by atoms with Crippen LogP contribution in [0.4, 0.5) is 0 Å². The van der Waals surface area contributed by atoms with E-state index in [0.717, 1.165) is 12.0 Å². The maximum Gasteiger partial charge on any atom is 0.0145 e. The van der Waals surface area contributed by atoms with E-state index in [1.165, 1.54) is 12.0 Å². The highest BCUT2D eigenvalue weighted by Gasteiger charge is 2.37. The maximum atomic E-state index is 3.57. The molecule has 0 bridgehead atoms. The van der Waals surface area contributed by atoms with Crippen LogP contribution in [0.1, 0.15) is 31.7 Å². The van der Waals surface area contributed by atoms with E-state index in [9.17, 15) is 0 Å². The van der Waals surface area contributed by atoms with E-state index in [4.69, 9.17) is 0 Å². The van der Waals surface area contributed by atoms with E-state index in [1.54, 1.807) is 0 Å². The molecule has 1 heteroatoms. The fourth-order valence-corrected chi connectivity index (χ4v) is 1.88. The van der Waals surface area contributed by atoms with Crippen molar-refractivity contribution in [2.45, 2.75) is 38.3 Å². The molecule has 0 heterocycles. The number of benzene rings is 1. The molecule has 2 unspecified atom stereocenters. The molecule has 2 rings (SSSR count). The van der Waals surface area contributed by atoms with Crippen molar-refractivity contribution in [1.82, 2.24) is 5.32 Å². The Labute approximate surface area is 80.2 Å². The molecule has 1 aromatic carbocycles. The minimum atomic E-state index is 0.610. The van der Waals surface area contributed by atoms with Gasteiger partial charge in [-0.2, -0.15) is 0 Å². The first-order valence-electron chi connectivity index (χ1n) is 5.08. The smallest absolute Gasteiger partial charge is 0.0145 e. The first-order chi connectivity index (χ1) is 6.27. The van der Waals surface area contributed by atoms with Gasteiger partial charge in [0.05, 0.1) is 0 Å². The minimum Gasteiger partial charge on any atom is -0.311 e. The minimum absolute atomic E-state index is 0.610. The Kier molecular flexibility index (Phi) is 2.36. The Bertz CT molecular complexity index is 266. The van der Waals surface area contributed by atoms with Gasteiger partial charge in [0.2, 0.25) is 0 Å². The highest BCUT2D eigenvalue weighted by atomic mass is 15.0. The number of hydrogen-bond acceptors (Lipinski definition) is 1. The molecule has 0 aliphatic heterocycles. The average Bonchev–Trinajstić information content (AvgIpc) is 2.84. The highest BCUT2D eigenvalue weighted by molar-refractivity contribution is 5.27. The van der Waals surface area contributed by atoms with Gasteiger partial charge in [0, 0.05) is 18.0 Å². The lowest BCUT2D eigenvalue weighted by Gasteiger charge is -2.06. The van der Waals surface area contributed by atoms with E-state index in [0.29, 0.717) is 6.04 Å². The highest BCUT2D eigenvalue weighted by Crippen LogP contribution is 2.40. The van der Waals surface area contributed by atoms with Gasteiger partial charge in [-0.25, -0.2) is 0 Å². The molecule has 1 saturated carbocycles. The van der Waals surface area contributed by atoms with Gasteiger partial charge in [-0.3, -0.25) is 0 Å². The lowest BCUT2D eigenvalue weighted by Crippen LogP contribution is -2.25. The second-order valence-corrected chi connectivity index (χ2v) is 4.18. The zero-order valence-corrected chi connectivity index (χ0v) is 8.33. The third-order valence-electron chi connectivity index (χ3n) is 2.57. The Morgan fingerprint density at radius 2 is 1.92 bits per heavy atom. The normalized spacial score (nSPS) is 26.4. The van der Waals surface area contributed by atoms with Crippen molar-refractivity contribution in [3.05, 3.63) is 35.9 Å². The molecule has 0 spiro atoms. The SMILES string of the molecule is CC(C)NC1CC1c1ccccc1. The molecular formula is C12H17N. The molecule has 0 amide bonds. The molecule has 2 atom stereocenters.